The van der Waals surface area contributed by atoms with Gasteiger partial charge in [-0.1, -0.05) is 340 Å². The first-order valence-electron chi connectivity index (χ1n) is 55.1. The van der Waals surface area contributed by atoms with E-state index in [0.29, 0.717) is 34.6 Å². The van der Waals surface area contributed by atoms with E-state index in [1.54, 1.807) is 0 Å². The molecule has 0 aromatic heterocycles. The first kappa shape index (κ1) is 19.2. The van der Waals surface area contributed by atoms with Crippen LogP contribution < -0.4 is 0 Å². The molecular weight excluding hydrogens is 829 g/mol. The van der Waals surface area contributed by atoms with Crippen LogP contribution in [0.25, 0.3) is 0 Å². The SMILES string of the molecule is [2H]C([2H])(C)C1([2H])C([2H])([2H])C([2H])(C)C1([2H])[2H].[2H]C([2H])(C)C1([2H])C([2H])([2H])C([2H])([2H])C([2H])(C)C([2H])([2H])C1([2H])[2H].[2H]C([2H])(C)C1([2H])C([2H])([2H])C([2H])([2H])C([2H])(C)C1([2H])[2H].[2H]C([2H])(C)C1([2H])C([2H])([2H])C([2H])([2H])C([2H])([2H])C([2H])(C)C([2H])([2H])C1([2H])[2H].[2H]C1(C)CCC1.[2H]C1(C)CCCC1.[2H]C1(C)CCCCC1.[2H]C1(C)CCCCCC1.[2H]C1([2H])C([2H])([2H])C([2H])([2H])[C@@]([2H])(C)C([2H])([2H])C([2H])([2H])C1([2H])C. The zero-order valence-corrected chi connectivity index (χ0v) is 45.2. The van der Waals surface area contributed by atoms with Crippen molar-refractivity contribution < 1.29 is 82.2 Å². The second-order valence-electron chi connectivity index (χ2n) is 18.0. The summed E-state index contributed by atoms with van der Waals surface area (Å²) in [6.45, 7) is 15.9. The summed E-state index contributed by atoms with van der Waals surface area (Å²) in [6.07, 6.45) is -51.9. The predicted molar refractivity (Wildman–Crippen MR) is 318 cm³/mol. The van der Waals surface area contributed by atoms with Gasteiger partial charge >= 0.3 is 0 Å². The van der Waals surface area contributed by atoms with Crippen molar-refractivity contribution in [3.05, 3.63) is 0 Å². The quantitative estimate of drug-likeness (QED) is 0.246. The minimum absolute atomic E-state index is 0.0278. The van der Waals surface area contributed by atoms with E-state index in [2.05, 4.69) is 6.92 Å². The van der Waals surface area contributed by atoms with Crippen molar-refractivity contribution in [1.29, 1.82) is 0 Å². The van der Waals surface area contributed by atoms with Crippen LogP contribution in [0.3, 0.4) is 0 Å². The van der Waals surface area contributed by atoms with Gasteiger partial charge in [-0.3, -0.25) is 0 Å². The van der Waals surface area contributed by atoms with Gasteiger partial charge in [-0.2, -0.15) is 0 Å². The molecule has 0 saturated heterocycles. The van der Waals surface area contributed by atoms with E-state index < -0.39 is 206 Å². The van der Waals surface area contributed by atoms with Crippen LogP contribution in [-0.4, -0.2) is 0 Å². The molecule has 69 heavy (non-hydrogen) atoms. The lowest BCUT2D eigenvalue weighted by molar-refractivity contribution is 0.206. The van der Waals surface area contributed by atoms with Crippen molar-refractivity contribution in [1.82, 2.24) is 0 Å². The Balaban J connectivity index is 0.000000747. The molecule has 414 valence electrons. The molecule has 0 nitrogen and oxygen atoms in total. The molecule has 0 heterocycles. The van der Waals surface area contributed by atoms with Crippen molar-refractivity contribution in [3.8, 4) is 0 Å². The molecule has 0 spiro atoms. The molecule has 0 heteroatoms. The highest BCUT2D eigenvalue weighted by Gasteiger charge is 2.23. The van der Waals surface area contributed by atoms with Gasteiger partial charge in [0.15, 0.2) is 0 Å². The highest BCUT2D eigenvalue weighted by Crippen LogP contribution is 2.35. The van der Waals surface area contributed by atoms with E-state index in [0.717, 1.165) is 86.0 Å². The van der Waals surface area contributed by atoms with Gasteiger partial charge in [0, 0.05) is 82.2 Å². The maximum Gasteiger partial charge on any atom is 0.0303 e. The Bertz CT molecular complexity index is 3470. The molecule has 9 rings (SSSR count). The molecule has 0 bridgehead atoms. The molecule has 0 radical (unpaired) electrons. The summed E-state index contributed by atoms with van der Waals surface area (Å²) in [7, 11) is 0. The lowest BCUT2D eigenvalue weighted by Gasteiger charge is -2.31. The number of hydrogen-bond acceptors (Lipinski definition) is 0. The fourth-order valence-electron chi connectivity index (χ4n) is 6.53. The fourth-order valence-corrected chi connectivity index (χ4v) is 6.53. The van der Waals surface area contributed by atoms with E-state index in [9.17, 15) is 0 Å². The molecule has 5 unspecified atom stereocenters. The summed E-state index contributed by atoms with van der Waals surface area (Å²) in [5.74, 6) is -29.5. The van der Waals surface area contributed by atoms with E-state index in [4.69, 9.17) is 82.2 Å². The zero-order chi connectivity index (χ0) is 105. The first-order valence-corrected chi connectivity index (χ1v) is 25.1. The van der Waals surface area contributed by atoms with Gasteiger partial charge < -0.3 is 0 Å². The van der Waals surface area contributed by atoms with Crippen LogP contribution >= 0.6 is 0 Å². The van der Waals surface area contributed by atoms with Crippen molar-refractivity contribution in [3.63, 3.8) is 0 Å². The lowest BCUT2D eigenvalue weighted by atomic mass is 9.75. The Morgan fingerprint density at radius 1 is 0.261 bits per heavy atom. The third-order valence-electron chi connectivity index (χ3n) is 11.1. The van der Waals surface area contributed by atoms with Gasteiger partial charge in [-0.05, 0) is 102 Å². The monoisotopic (exact) mass is 1030 g/mol. The van der Waals surface area contributed by atoms with Gasteiger partial charge in [0.05, 0.1) is 0 Å². The lowest BCUT2D eigenvalue weighted by Crippen LogP contribution is -2.19. The Morgan fingerprint density at radius 2 is 0.522 bits per heavy atom. The summed E-state index contributed by atoms with van der Waals surface area (Å²) in [5.41, 5.74) is 0. The average Bonchev–Trinajstić information content (AvgIpc) is 1.66. The van der Waals surface area contributed by atoms with Crippen LogP contribution in [-0.2, 0) is 0 Å². The van der Waals surface area contributed by atoms with E-state index >= 15 is 0 Å². The smallest absolute Gasteiger partial charge is 0.0303 e. The summed E-state index contributed by atoms with van der Waals surface area (Å²) < 4.78 is 467. The third kappa shape index (κ3) is 39.1. The predicted octanol–water partition coefficient (Wildman–Crippen LogP) is 24.9. The van der Waals surface area contributed by atoms with Gasteiger partial charge in [0.2, 0.25) is 0 Å². The van der Waals surface area contributed by atoms with Crippen molar-refractivity contribution in [2.75, 3.05) is 0 Å². The molecule has 0 aromatic rings. The van der Waals surface area contributed by atoms with Crippen molar-refractivity contribution in [2.24, 2.45) is 82.5 Å². The average molecular weight is 1030 g/mol. The van der Waals surface area contributed by atoms with Gasteiger partial charge in [0.25, 0.3) is 0 Å². The topological polar surface area (TPSA) is 0 Å². The maximum atomic E-state index is 8.23. The molecule has 0 aromatic carbocycles. The molecule has 9 aliphatic carbocycles. The summed E-state index contributed by atoms with van der Waals surface area (Å²) >= 11 is 0. The molecule has 9 aliphatic rings. The van der Waals surface area contributed by atoms with Crippen LogP contribution in [0.2, 0.25) is 0 Å². The van der Waals surface area contributed by atoms with E-state index in [1.165, 1.54) is 64.2 Å². The minimum atomic E-state index is -3.81. The Kier molecular flexibility index (Phi) is 12.3. The maximum absolute atomic E-state index is 8.23. The van der Waals surface area contributed by atoms with Crippen LogP contribution in [0.1, 0.15) is 441 Å². The second kappa shape index (κ2) is 44.3. The van der Waals surface area contributed by atoms with Gasteiger partial charge in [-0.25, -0.2) is 0 Å². The molecule has 9 fully saturated rings. The normalized spacial score (nSPS) is 73.0. The van der Waals surface area contributed by atoms with E-state index in [1.807, 2.05) is 20.8 Å². The molecule has 0 aliphatic heterocycles. The first-order chi connectivity index (χ1) is 55.1. The Hall–Kier alpha value is 0. The van der Waals surface area contributed by atoms with Crippen molar-refractivity contribution in [2.45, 2.75) is 359 Å². The summed E-state index contributed by atoms with van der Waals surface area (Å²) in [4.78, 5) is 0. The second-order valence-corrected chi connectivity index (χ2v) is 18.0. The molecule has 6 atom stereocenters. The Labute approximate surface area is 525 Å². The van der Waals surface area contributed by atoms with Crippen LogP contribution in [0.4, 0.5) is 0 Å². The highest BCUT2D eigenvalue weighted by molar-refractivity contribution is 4.74. The molecule has 0 amide bonds. The molecule has 9 saturated carbocycles. The number of rotatable bonds is 4. The van der Waals surface area contributed by atoms with Gasteiger partial charge in [0.1, 0.15) is 0 Å². The third-order valence-corrected chi connectivity index (χ3v) is 11.1. The van der Waals surface area contributed by atoms with Gasteiger partial charge in [-0.15, -0.1) is 0 Å². The Morgan fingerprint density at radius 3 is 0.826 bits per heavy atom. The van der Waals surface area contributed by atoms with Crippen molar-refractivity contribution >= 4 is 0 Å². The molecular formula is C69H138. The zero-order valence-electron chi connectivity index (χ0n) is 105. The van der Waals surface area contributed by atoms with Crippen LogP contribution in [0.5, 0.6) is 0 Å². The molecule has 0 N–H and O–H groups in total. The minimum Gasteiger partial charge on any atom is -0.0651 e. The van der Waals surface area contributed by atoms with Crippen LogP contribution in [0.15, 0.2) is 0 Å². The number of hydrogen-bond donors (Lipinski definition) is 0. The van der Waals surface area contributed by atoms with Crippen LogP contribution in [0, 0.1) is 82.5 Å². The van der Waals surface area contributed by atoms with E-state index in [-0.39, 0.29) is 23.6 Å². The largest absolute Gasteiger partial charge is 0.0651 e. The fraction of sp³-hybridized carbons (Fsp3) is 1.00. The highest BCUT2D eigenvalue weighted by atomic mass is 14.3. The summed E-state index contributed by atoms with van der Waals surface area (Å²) in [6, 6.07) is 0. The summed E-state index contributed by atoms with van der Waals surface area (Å²) in [5, 5.41) is 0. The standard InChI is InChI=1S/C10H20.2C9H18.2C8H16.2C7H14.C6H12.C5H10/c1-3-10-6-4-5-9(2)7-8-10;1-8-4-3-5-9(2)7-6-8;1-3-9-6-4-8(2)5-7-9;1-8-6-4-2-3-5-7-8;1-3-8-5-4-7(2)6-8;1-7-5-3-2-4-6-7;1-3-7-4-6(2)5-7;1-6-4-2-3-5-6;1-5-3-2-4-5/h9-10H,3-8H2,1-2H3;2*8-9H,3-7H2,1-2H3;8H,2-7H2,1H3;7-8H,3-6H2,1-2H3;7H,2-6H2,1H3;6-7H,3-5H2,1-2H3;6H,2-5H2,1H3;5H,2-4H2,1H3/t;8-,9?;;;;;;;/m.1......./s1/i3D2,4D2,5D2,6D2,7D2,8D2,9D,10D;2*3D2,4D2,5D2,6D2,7D2,8D,9D;8D;3D2,4D2,5D2,6D2,7D,8D;7D;3D2,4D2,5D2,6D,7D;6D;5D.